The summed E-state index contributed by atoms with van der Waals surface area (Å²) < 4.78 is 0. The second-order valence-electron chi connectivity index (χ2n) is 4.86. The number of thioether (sulfide) groups is 1. The Balaban J connectivity index is 1.80. The van der Waals surface area contributed by atoms with E-state index in [0.717, 1.165) is 24.4 Å². The maximum atomic E-state index is 11.9. The summed E-state index contributed by atoms with van der Waals surface area (Å²) in [5.74, 6) is 0.993. The number of piperidine rings is 1. The van der Waals surface area contributed by atoms with E-state index >= 15 is 0 Å². The van der Waals surface area contributed by atoms with Gasteiger partial charge in [-0.2, -0.15) is 0 Å². The molecule has 0 bridgehead atoms. The van der Waals surface area contributed by atoms with E-state index in [0.29, 0.717) is 22.7 Å². The van der Waals surface area contributed by atoms with E-state index in [9.17, 15) is 4.79 Å². The molecule has 0 spiro atoms. The largest absolute Gasteiger partial charge is 0.352 e. The minimum Gasteiger partial charge on any atom is -0.352 e. The molecule has 3 nitrogen and oxygen atoms in total. The Kier molecular flexibility index (Phi) is 5.55. The Hall–Kier alpha value is -0.710. The maximum absolute atomic E-state index is 11.9. The van der Waals surface area contributed by atoms with Gasteiger partial charge < -0.3 is 10.6 Å². The van der Waals surface area contributed by atoms with Crippen molar-refractivity contribution in [3.63, 3.8) is 0 Å². The number of amides is 1. The van der Waals surface area contributed by atoms with Crippen molar-refractivity contribution in [2.45, 2.75) is 24.3 Å². The van der Waals surface area contributed by atoms with Crippen LogP contribution in [0.4, 0.5) is 0 Å². The Morgan fingerprint density at radius 1 is 1.53 bits per heavy atom. The number of carbonyl (C=O) groups is 1. The summed E-state index contributed by atoms with van der Waals surface area (Å²) in [6.07, 6.45) is 1.00. The fraction of sp³-hybridized carbons (Fsp3) is 0.500. The van der Waals surface area contributed by atoms with Gasteiger partial charge in [-0.25, -0.2) is 0 Å². The third kappa shape index (κ3) is 4.41. The predicted octanol–water partition coefficient (Wildman–Crippen LogP) is 2.55. The van der Waals surface area contributed by atoms with Gasteiger partial charge in [0, 0.05) is 10.9 Å². The minimum atomic E-state index is 0.0867. The van der Waals surface area contributed by atoms with Gasteiger partial charge in [0.2, 0.25) is 5.91 Å². The summed E-state index contributed by atoms with van der Waals surface area (Å²) >= 11 is 7.55. The molecule has 0 saturated carbocycles. The molecule has 5 heteroatoms. The Bertz CT molecular complexity index is 441. The van der Waals surface area contributed by atoms with Gasteiger partial charge in [0.1, 0.15) is 0 Å². The number of hydrogen-bond donors (Lipinski definition) is 2. The molecule has 2 atom stereocenters. The molecule has 104 valence electrons. The van der Waals surface area contributed by atoms with Crippen molar-refractivity contribution in [2.24, 2.45) is 5.92 Å². The monoisotopic (exact) mass is 298 g/mol. The molecule has 1 aromatic carbocycles. The number of hydrogen-bond acceptors (Lipinski definition) is 3. The van der Waals surface area contributed by atoms with Crippen molar-refractivity contribution < 1.29 is 4.79 Å². The van der Waals surface area contributed by atoms with Gasteiger partial charge in [-0.05, 0) is 37.6 Å². The topological polar surface area (TPSA) is 41.1 Å². The van der Waals surface area contributed by atoms with Gasteiger partial charge in [-0.15, -0.1) is 11.8 Å². The number of nitrogens with one attached hydrogen (secondary N) is 2. The minimum absolute atomic E-state index is 0.0867. The van der Waals surface area contributed by atoms with Crippen LogP contribution in [0.15, 0.2) is 29.2 Å². The van der Waals surface area contributed by atoms with Crippen LogP contribution in [0.3, 0.4) is 0 Å². The SMILES string of the molecule is CC1CNCCC1NC(=O)CSc1ccccc1Cl. The lowest BCUT2D eigenvalue weighted by molar-refractivity contribution is -0.119. The lowest BCUT2D eigenvalue weighted by Gasteiger charge is -2.30. The first-order valence-electron chi connectivity index (χ1n) is 6.54. The molecular formula is C14H19ClN2OS. The van der Waals surface area contributed by atoms with Crippen LogP contribution in [0.25, 0.3) is 0 Å². The standard InChI is InChI=1S/C14H19ClN2OS/c1-10-8-16-7-6-12(10)17-14(18)9-19-13-5-3-2-4-11(13)15/h2-5,10,12,16H,6-9H2,1H3,(H,17,18). The third-order valence-corrected chi connectivity index (χ3v) is 4.84. The number of carbonyl (C=O) groups excluding carboxylic acids is 1. The molecule has 0 aliphatic carbocycles. The third-order valence-electron chi connectivity index (χ3n) is 3.33. The van der Waals surface area contributed by atoms with Gasteiger partial charge in [-0.1, -0.05) is 30.7 Å². The van der Waals surface area contributed by atoms with Crippen molar-refractivity contribution in [3.05, 3.63) is 29.3 Å². The average molecular weight is 299 g/mol. The quantitative estimate of drug-likeness (QED) is 0.840. The van der Waals surface area contributed by atoms with Crippen molar-refractivity contribution in [3.8, 4) is 0 Å². The smallest absolute Gasteiger partial charge is 0.230 e. The van der Waals surface area contributed by atoms with E-state index in [2.05, 4.69) is 17.6 Å². The first-order valence-corrected chi connectivity index (χ1v) is 7.90. The fourth-order valence-corrected chi connectivity index (χ4v) is 3.23. The molecule has 0 aromatic heterocycles. The van der Waals surface area contributed by atoms with Gasteiger partial charge in [0.25, 0.3) is 0 Å². The normalized spacial score (nSPS) is 23.1. The Morgan fingerprint density at radius 3 is 3.05 bits per heavy atom. The molecule has 1 aromatic rings. The second kappa shape index (κ2) is 7.17. The zero-order valence-corrected chi connectivity index (χ0v) is 12.6. The molecule has 1 saturated heterocycles. The van der Waals surface area contributed by atoms with Gasteiger partial charge >= 0.3 is 0 Å². The molecule has 1 aliphatic heterocycles. The summed E-state index contributed by atoms with van der Waals surface area (Å²) in [7, 11) is 0. The van der Waals surface area contributed by atoms with E-state index in [-0.39, 0.29) is 5.91 Å². The second-order valence-corrected chi connectivity index (χ2v) is 6.29. The highest BCUT2D eigenvalue weighted by atomic mass is 35.5. The van der Waals surface area contributed by atoms with Crippen LogP contribution in [0.5, 0.6) is 0 Å². The predicted molar refractivity (Wildman–Crippen MR) is 80.8 cm³/mol. The van der Waals surface area contributed by atoms with Gasteiger partial charge in [-0.3, -0.25) is 4.79 Å². The van der Waals surface area contributed by atoms with E-state index in [4.69, 9.17) is 11.6 Å². The van der Waals surface area contributed by atoms with Crippen LogP contribution < -0.4 is 10.6 Å². The summed E-state index contributed by atoms with van der Waals surface area (Å²) in [6, 6.07) is 7.90. The highest BCUT2D eigenvalue weighted by Crippen LogP contribution is 2.26. The van der Waals surface area contributed by atoms with Gasteiger partial charge in [0.15, 0.2) is 0 Å². The van der Waals surface area contributed by atoms with Crippen LogP contribution in [0, 0.1) is 5.92 Å². The molecule has 2 unspecified atom stereocenters. The maximum Gasteiger partial charge on any atom is 0.230 e. The van der Waals surface area contributed by atoms with Crippen LogP contribution in [-0.4, -0.2) is 30.8 Å². The summed E-state index contributed by atoms with van der Waals surface area (Å²) in [4.78, 5) is 12.9. The zero-order chi connectivity index (χ0) is 13.7. The molecule has 1 amide bonds. The van der Waals surface area contributed by atoms with Gasteiger partial charge in [0.05, 0.1) is 10.8 Å². The number of rotatable bonds is 4. The van der Waals surface area contributed by atoms with Crippen molar-refractivity contribution >= 4 is 29.3 Å². The van der Waals surface area contributed by atoms with Crippen LogP contribution >= 0.6 is 23.4 Å². The van der Waals surface area contributed by atoms with Crippen LogP contribution in [-0.2, 0) is 4.79 Å². The molecule has 1 heterocycles. The molecule has 19 heavy (non-hydrogen) atoms. The van der Waals surface area contributed by atoms with E-state index in [1.54, 1.807) is 0 Å². The molecular weight excluding hydrogens is 280 g/mol. The Morgan fingerprint density at radius 2 is 2.32 bits per heavy atom. The van der Waals surface area contributed by atoms with Crippen molar-refractivity contribution in [2.75, 3.05) is 18.8 Å². The lowest BCUT2D eigenvalue weighted by Crippen LogP contribution is -2.48. The van der Waals surface area contributed by atoms with E-state index < -0.39 is 0 Å². The van der Waals surface area contributed by atoms with Crippen molar-refractivity contribution in [1.82, 2.24) is 10.6 Å². The lowest BCUT2D eigenvalue weighted by atomic mass is 9.95. The first kappa shape index (κ1) is 14.7. The summed E-state index contributed by atoms with van der Waals surface area (Å²) in [5.41, 5.74) is 0. The van der Waals surface area contributed by atoms with E-state index in [1.807, 2.05) is 24.3 Å². The molecule has 0 radical (unpaired) electrons. The molecule has 1 aliphatic rings. The molecule has 2 rings (SSSR count). The van der Waals surface area contributed by atoms with E-state index in [1.165, 1.54) is 11.8 Å². The number of halogens is 1. The highest BCUT2D eigenvalue weighted by Gasteiger charge is 2.22. The molecule has 1 fully saturated rings. The van der Waals surface area contributed by atoms with Crippen molar-refractivity contribution in [1.29, 1.82) is 0 Å². The fourth-order valence-electron chi connectivity index (χ4n) is 2.18. The Labute approximate surface area is 123 Å². The number of benzene rings is 1. The average Bonchev–Trinajstić information content (AvgIpc) is 2.40. The van der Waals surface area contributed by atoms with Crippen LogP contribution in [0.2, 0.25) is 5.02 Å². The first-order chi connectivity index (χ1) is 9.16. The summed E-state index contributed by atoms with van der Waals surface area (Å²) in [6.45, 7) is 4.12. The molecule has 2 N–H and O–H groups in total. The zero-order valence-electron chi connectivity index (χ0n) is 11.0. The summed E-state index contributed by atoms with van der Waals surface area (Å²) in [5, 5.41) is 7.15. The highest BCUT2D eigenvalue weighted by molar-refractivity contribution is 8.00. The van der Waals surface area contributed by atoms with Crippen LogP contribution in [0.1, 0.15) is 13.3 Å².